The average molecular weight is 302 g/mol. The minimum Gasteiger partial charge on any atom is -0.497 e. The van der Waals surface area contributed by atoms with Gasteiger partial charge in [-0.1, -0.05) is 25.7 Å². The fourth-order valence-corrected chi connectivity index (χ4v) is 2.91. The van der Waals surface area contributed by atoms with Crippen molar-refractivity contribution in [3.8, 4) is 11.8 Å². The van der Waals surface area contributed by atoms with Gasteiger partial charge in [0.25, 0.3) is 5.91 Å². The molecular formula is C17H22N2O3. The zero-order chi connectivity index (χ0) is 16.0. The summed E-state index contributed by atoms with van der Waals surface area (Å²) in [6.45, 7) is 0. The van der Waals surface area contributed by atoms with E-state index in [1.54, 1.807) is 32.4 Å². The molecule has 0 aromatic heterocycles. The number of carbonyl (C=O) groups is 1. The van der Waals surface area contributed by atoms with Crippen LogP contribution in [-0.4, -0.2) is 25.7 Å². The quantitative estimate of drug-likeness (QED) is 0.867. The van der Waals surface area contributed by atoms with Gasteiger partial charge in [0.15, 0.2) is 0 Å². The van der Waals surface area contributed by atoms with E-state index in [0.717, 1.165) is 25.7 Å². The molecule has 0 saturated heterocycles. The summed E-state index contributed by atoms with van der Waals surface area (Å²) < 4.78 is 10.7. The number of hydrogen-bond acceptors (Lipinski definition) is 4. The van der Waals surface area contributed by atoms with Crippen molar-refractivity contribution in [2.75, 3.05) is 19.5 Å². The molecule has 1 amide bonds. The summed E-state index contributed by atoms with van der Waals surface area (Å²) in [4.78, 5) is 12.7. The van der Waals surface area contributed by atoms with Gasteiger partial charge in [-0.25, -0.2) is 0 Å². The molecule has 0 unspecified atom stereocenters. The second-order valence-electron chi connectivity index (χ2n) is 5.59. The maximum Gasteiger partial charge on any atom is 0.256 e. The summed E-state index contributed by atoms with van der Waals surface area (Å²) in [6, 6.07) is 7.11. The van der Waals surface area contributed by atoms with Crippen molar-refractivity contribution in [3.63, 3.8) is 0 Å². The summed E-state index contributed by atoms with van der Waals surface area (Å²) in [5.74, 6) is 0.420. The zero-order valence-corrected chi connectivity index (χ0v) is 13.1. The van der Waals surface area contributed by atoms with Crippen molar-refractivity contribution in [2.45, 2.75) is 44.1 Å². The Bertz CT molecular complexity index is 570. The van der Waals surface area contributed by atoms with E-state index < -0.39 is 5.60 Å². The van der Waals surface area contributed by atoms with Crippen LogP contribution in [0.25, 0.3) is 0 Å². The number of ether oxygens (including phenoxy) is 2. The number of nitriles is 1. The van der Waals surface area contributed by atoms with Crippen molar-refractivity contribution >= 4 is 11.6 Å². The van der Waals surface area contributed by atoms with Crippen molar-refractivity contribution in [1.29, 1.82) is 5.26 Å². The Balaban J connectivity index is 2.21. The lowest BCUT2D eigenvalue weighted by atomic mass is 9.93. The summed E-state index contributed by atoms with van der Waals surface area (Å²) in [7, 11) is 3.13. The molecule has 1 aromatic rings. The summed E-state index contributed by atoms with van der Waals surface area (Å²) in [5.41, 5.74) is 0.0879. The zero-order valence-electron chi connectivity index (χ0n) is 13.1. The van der Waals surface area contributed by atoms with Gasteiger partial charge in [0.1, 0.15) is 17.4 Å². The molecule has 0 atom stereocenters. The number of carbonyl (C=O) groups excluding carboxylic acids is 1. The van der Waals surface area contributed by atoms with E-state index in [2.05, 4.69) is 11.4 Å². The third kappa shape index (κ3) is 3.40. The Morgan fingerprint density at radius 1 is 1.23 bits per heavy atom. The van der Waals surface area contributed by atoms with Crippen LogP contribution in [0.15, 0.2) is 18.2 Å². The standard InChI is InChI=1S/C17H22N2O3/c1-21-14-7-8-15(13(11-14)12-18)19-16(20)17(22-2)9-5-3-4-6-10-17/h7-8,11H,3-6,9-10H2,1-2H3,(H,19,20). The molecule has 5 nitrogen and oxygen atoms in total. The maximum absolute atomic E-state index is 12.7. The molecule has 22 heavy (non-hydrogen) atoms. The SMILES string of the molecule is COc1ccc(NC(=O)C2(OC)CCCCCC2)c(C#N)c1. The van der Waals surface area contributed by atoms with E-state index >= 15 is 0 Å². The van der Waals surface area contributed by atoms with Crippen molar-refractivity contribution in [1.82, 2.24) is 0 Å². The van der Waals surface area contributed by atoms with Crippen LogP contribution in [0.5, 0.6) is 5.75 Å². The number of nitrogens with one attached hydrogen (secondary N) is 1. The molecule has 118 valence electrons. The molecule has 1 N–H and O–H groups in total. The maximum atomic E-state index is 12.7. The predicted octanol–water partition coefficient (Wildman–Crippen LogP) is 3.24. The highest BCUT2D eigenvalue weighted by Gasteiger charge is 2.38. The molecule has 2 rings (SSSR count). The number of methoxy groups -OCH3 is 2. The number of anilines is 1. The first-order chi connectivity index (χ1) is 10.6. The second-order valence-corrected chi connectivity index (χ2v) is 5.59. The third-order valence-corrected chi connectivity index (χ3v) is 4.31. The van der Waals surface area contributed by atoms with Crippen LogP contribution in [0.1, 0.15) is 44.1 Å². The summed E-state index contributed by atoms with van der Waals surface area (Å²) in [6.07, 6.45) is 5.65. The lowest BCUT2D eigenvalue weighted by Crippen LogP contribution is -2.44. The first kappa shape index (κ1) is 16.3. The first-order valence-corrected chi connectivity index (χ1v) is 7.60. The summed E-state index contributed by atoms with van der Waals surface area (Å²) >= 11 is 0. The lowest BCUT2D eigenvalue weighted by molar-refractivity contribution is -0.139. The third-order valence-electron chi connectivity index (χ3n) is 4.31. The number of benzene rings is 1. The van der Waals surface area contributed by atoms with Crippen molar-refractivity contribution in [3.05, 3.63) is 23.8 Å². The smallest absolute Gasteiger partial charge is 0.256 e. The molecule has 1 aliphatic rings. The van der Waals surface area contributed by atoms with Gasteiger partial charge < -0.3 is 14.8 Å². The first-order valence-electron chi connectivity index (χ1n) is 7.60. The van der Waals surface area contributed by atoms with E-state index in [9.17, 15) is 10.1 Å². The second kappa shape index (κ2) is 7.28. The van der Waals surface area contributed by atoms with E-state index in [0.29, 0.717) is 29.8 Å². The van der Waals surface area contributed by atoms with Crippen LogP contribution in [-0.2, 0) is 9.53 Å². The van der Waals surface area contributed by atoms with E-state index in [1.807, 2.05) is 0 Å². The Hall–Kier alpha value is -2.06. The minimum atomic E-state index is -0.789. The number of rotatable bonds is 4. The molecule has 5 heteroatoms. The van der Waals surface area contributed by atoms with Crippen LogP contribution in [0, 0.1) is 11.3 Å². The largest absolute Gasteiger partial charge is 0.497 e. The van der Waals surface area contributed by atoms with E-state index in [4.69, 9.17) is 9.47 Å². The van der Waals surface area contributed by atoms with Crippen molar-refractivity contribution < 1.29 is 14.3 Å². The van der Waals surface area contributed by atoms with Gasteiger partial charge in [0.2, 0.25) is 0 Å². The van der Waals surface area contributed by atoms with Gasteiger partial charge in [-0.05, 0) is 31.0 Å². The van der Waals surface area contributed by atoms with Crippen LogP contribution in [0.2, 0.25) is 0 Å². The molecule has 1 fully saturated rings. The fraction of sp³-hybridized carbons (Fsp3) is 0.529. The number of hydrogen-bond donors (Lipinski definition) is 1. The average Bonchev–Trinajstić information content (AvgIpc) is 2.81. The molecule has 0 aliphatic heterocycles. The highest BCUT2D eigenvalue weighted by atomic mass is 16.5. The molecular weight excluding hydrogens is 280 g/mol. The Morgan fingerprint density at radius 3 is 2.45 bits per heavy atom. The monoisotopic (exact) mass is 302 g/mol. The number of amides is 1. The Kier molecular flexibility index (Phi) is 5.40. The Labute approximate surface area is 131 Å². The van der Waals surface area contributed by atoms with Crippen LogP contribution >= 0.6 is 0 Å². The van der Waals surface area contributed by atoms with Gasteiger partial charge in [-0.15, -0.1) is 0 Å². The fourth-order valence-electron chi connectivity index (χ4n) is 2.91. The van der Waals surface area contributed by atoms with Crippen LogP contribution < -0.4 is 10.1 Å². The molecule has 1 aromatic carbocycles. The minimum absolute atomic E-state index is 0.168. The molecule has 0 bridgehead atoms. The van der Waals surface area contributed by atoms with Gasteiger partial charge in [-0.2, -0.15) is 5.26 Å². The van der Waals surface area contributed by atoms with Gasteiger partial charge >= 0.3 is 0 Å². The van der Waals surface area contributed by atoms with Gasteiger partial charge in [0, 0.05) is 7.11 Å². The summed E-state index contributed by atoms with van der Waals surface area (Å²) in [5, 5.41) is 12.1. The molecule has 1 aliphatic carbocycles. The van der Waals surface area contributed by atoms with E-state index in [-0.39, 0.29) is 5.91 Å². The van der Waals surface area contributed by atoms with Crippen LogP contribution in [0.3, 0.4) is 0 Å². The Morgan fingerprint density at radius 2 is 1.91 bits per heavy atom. The van der Waals surface area contributed by atoms with Crippen molar-refractivity contribution in [2.24, 2.45) is 0 Å². The molecule has 0 heterocycles. The molecule has 0 spiro atoms. The van der Waals surface area contributed by atoms with Crippen LogP contribution in [0.4, 0.5) is 5.69 Å². The van der Waals surface area contributed by atoms with Gasteiger partial charge in [0.05, 0.1) is 18.4 Å². The highest BCUT2D eigenvalue weighted by Crippen LogP contribution is 2.32. The van der Waals surface area contributed by atoms with E-state index in [1.165, 1.54) is 0 Å². The highest BCUT2D eigenvalue weighted by molar-refractivity contribution is 5.98. The van der Waals surface area contributed by atoms with Gasteiger partial charge in [-0.3, -0.25) is 4.79 Å². The lowest BCUT2D eigenvalue weighted by Gasteiger charge is -2.30. The molecule has 1 saturated carbocycles. The molecule has 0 radical (unpaired) electrons. The predicted molar refractivity (Wildman–Crippen MR) is 83.8 cm³/mol. The number of nitrogens with zero attached hydrogens (tertiary/aromatic N) is 1. The topological polar surface area (TPSA) is 71.3 Å². The normalized spacial score (nSPS) is 17.1.